The predicted octanol–water partition coefficient (Wildman–Crippen LogP) is 2.40. The van der Waals surface area contributed by atoms with Crippen LogP contribution in [0.3, 0.4) is 0 Å². The molecule has 1 amide bonds. The van der Waals surface area contributed by atoms with Gasteiger partial charge in [0.1, 0.15) is 23.3 Å². The lowest BCUT2D eigenvalue weighted by atomic mass is 10.3. The Morgan fingerprint density at radius 1 is 1.32 bits per heavy atom. The first-order valence-corrected chi connectivity index (χ1v) is 10.9. The number of ether oxygens (including phenoxy) is 1. The number of carbonyl (C=O) groups excluding carboxylic acids is 1. The van der Waals surface area contributed by atoms with Crippen LogP contribution in [0.15, 0.2) is 29.3 Å². The molecule has 1 fully saturated rings. The Bertz CT molecular complexity index is 1360. The van der Waals surface area contributed by atoms with Gasteiger partial charge in [-0.1, -0.05) is 22.9 Å². The molecule has 160 valence electrons. The SMILES string of the molecule is COc1ccc(Cl)cc1NC(=O)Cn1nc2c3sc(N4CCCC4)nc3ncn2c1=O. The van der Waals surface area contributed by atoms with Crippen molar-refractivity contribution < 1.29 is 9.53 Å². The molecule has 4 aromatic rings. The number of thiazole rings is 1. The van der Waals surface area contributed by atoms with Gasteiger partial charge in [-0.2, -0.15) is 4.98 Å². The molecule has 5 rings (SSSR count). The molecule has 1 aliphatic rings. The van der Waals surface area contributed by atoms with Crippen LogP contribution in [0.1, 0.15) is 12.8 Å². The molecule has 0 radical (unpaired) electrons. The lowest BCUT2D eigenvalue weighted by molar-refractivity contribution is -0.117. The smallest absolute Gasteiger partial charge is 0.352 e. The first-order valence-electron chi connectivity index (χ1n) is 9.66. The number of anilines is 2. The molecule has 4 heterocycles. The summed E-state index contributed by atoms with van der Waals surface area (Å²) in [7, 11) is 1.50. The fraction of sp³-hybridized carbons (Fsp3) is 0.316. The lowest BCUT2D eigenvalue weighted by Gasteiger charge is -2.11. The van der Waals surface area contributed by atoms with Crippen LogP contribution in [0.2, 0.25) is 5.02 Å². The van der Waals surface area contributed by atoms with E-state index in [0.717, 1.165) is 40.4 Å². The summed E-state index contributed by atoms with van der Waals surface area (Å²) in [6, 6.07) is 4.89. The van der Waals surface area contributed by atoms with Crippen molar-refractivity contribution in [2.75, 3.05) is 30.4 Å². The molecule has 31 heavy (non-hydrogen) atoms. The number of nitrogens with one attached hydrogen (secondary N) is 1. The second-order valence-corrected chi connectivity index (χ2v) is 8.53. The molecule has 0 unspecified atom stereocenters. The van der Waals surface area contributed by atoms with Gasteiger partial charge in [0.2, 0.25) is 5.91 Å². The minimum Gasteiger partial charge on any atom is -0.495 e. The van der Waals surface area contributed by atoms with Crippen LogP contribution in [0, 0.1) is 0 Å². The second kappa shape index (κ2) is 7.82. The first kappa shape index (κ1) is 19.8. The maximum Gasteiger partial charge on any atom is 0.352 e. The van der Waals surface area contributed by atoms with E-state index in [9.17, 15) is 9.59 Å². The summed E-state index contributed by atoms with van der Waals surface area (Å²) >= 11 is 7.47. The van der Waals surface area contributed by atoms with Crippen molar-refractivity contribution >= 4 is 55.7 Å². The Hall–Kier alpha value is -3.18. The normalized spacial score (nSPS) is 13.9. The summed E-state index contributed by atoms with van der Waals surface area (Å²) < 4.78 is 8.40. The van der Waals surface area contributed by atoms with Gasteiger partial charge in [0, 0.05) is 18.1 Å². The molecule has 1 saturated heterocycles. The van der Waals surface area contributed by atoms with E-state index in [0.29, 0.717) is 27.8 Å². The Kier molecular flexibility index (Phi) is 4.98. The molecule has 0 spiro atoms. The molecule has 1 aromatic carbocycles. The Balaban J connectivity index is 1.45. The minimum absolute atomic E-state index is 0.268. The van der Waals surface area contributed by atoms with E-state index in [4.69, 9.17) is 16.3 Å². The van der Waals surface area contributed by atoms with Crippen molar-refractivity contribution in [1.29, 1.82) is 0 Å². The molecule has 0 atom stereocenters. The average molecular weight is 460 g/mol. The van der Waals surface area contributed by atoms with Crippen molar-refractivity contribution in [3.05, 3.63) is 40.0 Å². The van der Waals surface area contributed by atoms with E-state index in [1.54, 1.807) is 18.2 Å². The second-order valence-electron chi connectivity index (χ2n) is 7.11. The topological polar surface area (TPSA) is 107 Å². The van der Waals surface area contributed by atoms with Gasteiger partial charge in [-0.25, -0.2) is 18.9 Å². The van der Waals surface area contributed by atoms with Crippen molar-refractivity contribution in [3.8, 4) is 5.75 Å². The summed E-state index contributed by atoms with van der Waals surface area (Å²) in [5, 5.41) is 8.42. The van der Waals surface area contributed by atoms with Gasteiger partial charge in [0.25, 0.3) is 0 Å². The molecule has 1 aliphatic heterocycles. The van der Waals surface area contributed by atoms with Crippen molar-refractivity contribution in [2.45, 2.75) is 19.4 Å². The molecule has 0 aliphatic carbocycles. The largest absolute Gasteiger partial charge is 0.495 e. The number of carbonyl (C=O) groups is 1. The van der Waals surface area contributed by atoms with Gasteiger partial charge < -0.3 is 15.0 Å². The maximum atomic E-state index is 12.8. The van der Waals surface area contributed by atoms with Gasteiger partial charge >= 0.3 is 5.69 Å². The Morgan fingerprint density at radius 2 is 2.13 bits per heavy atom. The third-order valence-corrected chi connectivity index (χ3v) is 6.41. The zero-order chi connectivity index (χ0) is 21.5. The number of benzene rings is 1. The van der Waals surface area contributed by atoms with Gasteiger partial charge in [0.05, 0.1) is 12.8 Å². The van der Waals surface area contributed by atoms with Crippen molar-refractivity contribution in [3.63, 3.8) is 0 Å². The number of amides is 1. The first-order chi connectivity index (χ1) is 15.0. The number of fused-ring (bicyclic) bond motifs is 3. The number of hydrogen-bond donors (Lipinski definition) is 1. The molecular weight excluding hydrogens is 442 g/mol. The van der Waals surface area contributed by atoms with E-state index in [1.165, 1.54) is 29.2 Å². The van der Waals surface area contributed by atoms with Gasteiger partial charge in [-0.15, -0.1) is 5.10 Å². The highest BCUT2D eigenvalue weighted by atomic mass is 35.5. The van der Waals surface area contributed by atoms with Crippen LogP contribution in [-0.4, -0.2) is 50.3 Å². The fourth-order valence-electron chi connectivity index (χ4n) is 3.58. The molecule has 10 nitrogen and oxygen atoms in total. The van der Waals surface area contributed by atoms with E-state index >= 15 is 0 Å². The summed E-state index contributed by atoms with van der Waals surface area (Å²) in [6.45, 7) is 1.66. The number of aromatic nitrogens is 5. The zero-order valence-electron chi connectivity index (χ0n) is 16.5. The molecule has 0 bridgehead atoms. The van der Waals surface area contributed by atoms with Crippen LogP contribution >= 0.6 is 22.9 Å². The molecule has 0 saturated carbocycles. The highest BCUT2D eigenvalue weighted by Gasteiger charge is 2.21. The van der Waals surface area contributed by atoms with E-state index in [2.05, 4.69) is 25.3 Å². The van der Waals surface area contributed by atoms with E-state index in [1.807, 2.05) is 0 Å². The zero-order valence-corrected chi connectivity index (χ0v) is 18.1. The highest BCUT2D eigenvalue weighted by molar-refractivity contribution is 7.22. The van der Waals surface area contributed by atoms with Crippen molar-refractivity contribution in [2.24, 2.45) is 0 Å². The number of methoxy groups -OCH3 is 1. The molecule has 1 N–H and O–H groups in total. The van der Waals surface area contributed by atoms with Crippen LogP contribution < -0.4 is 20.6 Å². The predicted molar refractivity (Wildman–Crippen MR) is 119 cm³/mol. The van der Waals surface area contributed by atoms with Crippen LogP contribution in [0.4, 0.5) is 10.8 Å². The van der Waals surface area contributed by atoms with Gasteiger partial charge in [-0.3, -0.25) is 4.79 Å². The third-order valence-electron chi connectivity index (χ3n) is 5.07. The fourth-order valence-corrected chi connectivity index (χ4v) is 4.79. The molecule has 12 heteroatoms. The number of hydrogen-bond acceptors (Lipinski definition) is 8. The number of rotatable bonds is 5. The summed E-state index contributed by atoms with van der Waals surface area (Å²) in [5.41, 5.74) is 0.947. The minimum atomic E-state index is -0.450. The van der Waals surface area contributed by atoms with E-state index < -0.39 is 11.6 Å². The summed E-state index contributed by atoms with van der Waals surface area (Å²) in [6.07, 6.45) is 3.67. The lowest BCUT2D eigenvalue weighted by Crippen LogP contribution is -2.28. The number of halogens is 1. The van der Waals surface area contributed by atoms with Crippen LogP contribution in [-0.2, 0) is 11.3 Å². The van der Waals surface area contributed by atoms with Crippen molar-refractivity contribution in [1.82, 2.24) is 24.1 Å². The Morgan fingerprint density at radius 3 is 2.90 bits per heavy atom. The standard InChI is InChI=1S/C19H18ClN7O3S/c1-30-13-5-4-11(20)8-12(13)22-14(28)9-27-19(29)26-10-21-16-15(17(26)24-27)31-18(23-16)25-6-2-3-7-25/h4-5,8,10H,2-3,6-7,9H2,1H3,(H,22,28). The highest BCUT2D eigenvalue weighted by Crippen LogP contribution is 2.31. The van der Waals surface area contributed by atoms with E-state index in [-0.39, 0.29) is 6.54 Å². The van der Waals surface area contributed by atoms with Gasteiger partial charge in [0.15, 0.2) is 16.4 Å². The van der Waals surface area contributed by atoms with Crippen LogP contribution in [0.5, 0.6) is 5.75 Å². The third kappa shape index (κ3) is 3.59. The maximum absolute atomic E-state index is 12.8. The van der Waals surface area contributed by atoms with Crippen LogP contribution in [0.25, 0.3) is 16.0 Å². The quantitative estimate of drug-likeness (QED) is 0.488. The monoisotopic (exact) mass is 459 g/mol. The molecule has 3 aromatic heterocycles. The average Bonchev–Trinajstić information content (AvgIpc) is 3.47. The van der Waals surface area contributed by atoms with Gasteiger partial charge in [-0.05, 0) is 31.0 Å². The molecular formula is C19H18ClN7O3S. The summed E-state index contributed by atoms with van der Waals surface area (Å²) in [5.74, 6) is 0.0300. The Labute approximate surface area is 185 Å². The number of nitrogens with zero attached hydrogens (tertiary/aromatic N) is 6. The summed E-state index contributed by atoms with van der Waals surface area (Å²) in [4.78, 5) is 36.5.